The number of likely N-dealkylation sites (tertiary alicyclic amines) is 1. The molecule has 4 rings (SSSR count). The number of amides is 2. The van der Waals surface area contributed by atoms with E-state index in [0.717, 1.165) is 21.5 Å². The molecule has 4 heterocycles. The highest BCUT2D eigenvalue weighted by Gasteiger charge is 2.26. The highest BCUT2D eigenvalue weighted by atomic mass is 32.1. The van der Waals surface area contributed by atoms with E-state index in [4.69, 9.17) is 9.47 Å². The number of fused-ring (bicyclic) bond motifs is 1. The summed E-state index contributed by atoms with van der Waals surface area (Å²) >= 11 is 1.27. The number of hydrogen-bond donors (Lipinski definition) is 1. The average molecular weight is 485 g/mol. The maximum Gasteiger partial charge on any atom is 0.409 e. The monoisotopic (exact) mass is 484 g/mol. The molecule has 34 heavy (non-hydrogen) atoms. The number of thiophene rings is 1. The van der Waals surface area contributed by atoms with Crippen molar-refractivity contribution in [1.29, 1.82) is 0 Å². The van der Waals surface area contributed by atoms with Crippen LogP contribution in [-0.4, -0.2) is 64.8 Å². The minimum atomic E-state index is -0.559. The number of carbonyl (C=O) groups excluding carboxylic acids is 3. The van der Waals surface area contributed by atoms with Crippen molar-refractivity contribution in [3.05, 3.63) is 46.7 Å². The van der Waals surface area contributed by atoms with Gasteiger partial charge in [-0.25, -0.2) is 14.6 Å². The van der Waals surface area contributed by atoms with Crippen LogP contribution in [0.25, 0.3) is 15.9 Å². The van der Waals surface area contributed by atoms with Crippen LogP contribution in [-0.2, 0) is 14.3 Å². The minimum absolute atomic E-state index is 0.0773. The van der Waals surface area contributed by atoms with Gasteiger partial charge >= 0.3 is 12.1 Å². The fourth-order valence-electron chi connectivity index (χ4n) is 4.18. The van der Waals surface area contributed by atoms with E-state index in [1.165, 1.54) is 11.3 Å². The Morgan fingerprint density at radius 3 is 2.53 bits per heavy atom. The third kappa shape index (κ3) is 5.06. The number of nitrogens with one attached hydrogen (secondary N) is 1. The molecule has 0 bridgehead atoms. The molecule has 1 aliphatic heterocycles. The number of carbonyl (C=O) groups is 3. The van der Waals surface area contributed by atoms with Gasteiger partial charge < -0.3 is 24.3 Å². The number of ether oxygens (including phenoxy) is 2. The molecule has 180 valence electrons. The molecule has 1 aliphatic rings. The number of esters is 1. The first-order chi connectivity index (χ1) is 16.4. The Morgan fingerprint density at radius 1 is 1.15 bits per heavy atom. The smallest absolute Gasteiger partial charge is 0.409 e. The van der Waals surface area contributed by atoms with Gasteiger partial charge in [-0.3, -0.25) is 4.79 Å². The van der Waals surface area contributed by atoms with Gasteiger partial charge in [-0.05, 0) is 57.4 Å². The zero-order valence-electron chi connectivity index (χ0n) is 19.5. The van der Waals surface area contributed by atoms with Gasteiger partial charge in [0.2, 0.25) is 0 Å². The maximum absolute atomic E-state index is 13.0. The number of piperidine rings is 1. The largest absolute Gasteiger partial charge is 0.451 e. The molecule has 10 heteroatoms. The lowest BCUT2D eigenvalue weighted by Crippen LogP contribution is -2.47. The topological polar surface area (TPSA) is 103 Å². The van der Waals surface area contributed by atoms with Crippen LogP contribution < -0.4 is 5.32 Å². The first kappa shape index (κ1) is 23.7. The van der Waals surface area contributed by atoms with Crippen molar-refractivity contribution in [3.8, 4) is 5.69 Å². The summed E-state index contributed by atoms with van der Waals surface area (Å²) in [5.74, 6) is -0.923. The molecule has 0 radical (unpaired) electrons. The molecule has 0 saturated carbocycles. The van der Waals surface area contributed by atoms with Crippen molar-refractivity contribution in [2.45, 2.75) is 39.7 Å². The Kier molecular flexibility index (Phi) is 7.16. The molecular formula is C24H28N4O5S. The van der Waals surface area contributed by atoms with E-state index in [9.17, 15) is 14.4 Å². The Morgan fingerprint density at radius 2 is 1.85 bits per heavy atom. The molecular weight excluding hydrogens is 456 g/mol. The summed E-state index contributed by atoms with van der Waals surface area (Å²) in [6.07, 6.45) is 4.65. The SMILES string of the molecule is CCOC(=O)N1CCC(NC(=O)COC(=O)c2sc3nc(C)cc(C)c3c2-n2cccc2)CC1. The molecule has 0 aromatic carbocycles. The predicted molar refractivity (Wildman–Crippen MR) is 128 cm³/mol. The maximum atomic E-state index is 13.0. The number of aromatic nitrogens is 2. The second-order valence-electron chi connectivity index (χ2n) is 8.23. The van der Waals surface area contributed by atoms with Crippen LogP contribution in [0.5, 0.6) is 0 Å². The fourth-order valence-corrected chi connectivity index (χ4v) is 5.37. The fraction of sp³-hybridized carbons (Fsp3) is 0.417. The minimum Gasteiger partial charge on any atom is -0.451 e. The number of rotatable bonds is 6. The summed E-state index contributed by atoms with van der Waals surface area (Å²) in [5.41, 5.74) is 2.61. The number of pyridine rings is 1. The number of nitrogens with zero attached hydrogens (tertiary/aromatic N) is 3. The molecule has 1 saturated heterocycles. The van der Waals surface area contributed by atoms with E-state index < -0.39 is 5.97 Å². The molecule has 2 amide bonds. The highest BCUT2D eigenvalue weighted by molar-refractivity contribution is 7.21. The molecule has 1 fully saturated rings. The molecule has 3 aromatic rings. The first-order valence-electron chi connectivity index (χ1n) is 11.3. The van der Waals surface area contributed by atoms with Crippen LogP contribution in [0, 0.1) is 13.8 Å². The second-order valence-corrected chi connectivity index (χ2v) is 9.23. The van der Waals surface area contributed by atoms with Crippen LogP contribution >= 0.6 is 11.3 Å². The van der Waals surface area contributed by atoms with Crippen molar-refractivity contribution in [1.82, 2.24) is 19.8 Å². The van der Waals surface area contributed by atoms with Crippen LogP contribution in [0.2, 0.25) is 0 Å². The number of aryl methyl sites for hydroxylation is 2. The van der Waals surface area contributed by atoms with E-state index in [0.29, 0.717) is 43.1 Å². The predicted octanol–water partition coefficient (Wildman–Crippen LogP) is 3.60. The molecule has 9 nitrogen and oxygen atoms in total. The summed E-state index contributed by atoms with van der Waals surface area (Å²) in [7, 11) is 0. The molecule has 0 aliphatic carbocycles. The third-order valence-electron chi connectivity index (χ3n) is 5.73. The Labute approximate surface area is 201 Å². The molecule has 0 spiro atoms. The molecule has 1 N–H and O–H groups in total. The van der Waals surface area contributed by atoms with Crippen molar-refractivity contribution < 1.29 is 23.9 Å². The van der Waals surface area contributed by atoms with Crippen molar-refractivity contribution >= 4 is 39.5 Å². The lowest BCUT2D eigenvalue weighted by atomic mass is 10.1. The second kappa shape index (κ2) is 10.3. The highest BCUT2D eigenvalue weighted by Crippen LogP contribution is 2.36. The van der Waals surface area contributed by atoms with Crippen LogP contribution in [0.4, 0.5) is 4.79 Å². The Hall–Kier alpha value is -3.40. The standard InChI is InChI=1S/C24H28N4O5S/c1-4-32-24(31)28-11-7-17(8-12-28)26-18(29)14-33-23(30)21-20(27-9-5-6-10-27)19-15(2)13-16(3)25-22(19)34-21/h5-6,9-10,13,17H,4,7-8,11-12,14H2,1-3H3,(H,26,29). The average Bonchev–Trinajstić information content (AvgIpc) is 3.46. The Balaban J connectivity index is 1.40. The normalized spacial score (nSPS) is 14.3. The van der Waals surface area contributed by atoms with Gasteiger partial charge in [0.1, 0.15) is 9.71 Å². The van der Waals surface area contributed by atoms with Gasteiger partial charge in [0.05, 0.1) is 12.3 Å². The van der Waals surface area contributed by atoms with Crippen LogP contribution in [0.15, 0.2) is 30.6 Å². The van der Waals surface area contributed by atoms with Crippen molar-refractivity contribution in [2.75, 3.05) is 26.3 Å². The van der Waals surface area contributed by atoms with E-state index in [2.05, 4.69) is 10.3 Å². The van der Waals surface area contributed by atoms with Crippen molar-refractivity contribution in [2.24, 2.45) is 0 Å². The first-order valence-corrected chi connectivity index (χ1v) is 12.1. The zero-order chi connectivity index (χ0) is 24.2. The van der Waals surface area contributed by atoms with E-state index in [1.54, 1.807) is 11.8 Å². The van der Waals surface area contributed by atoms with Gasteiger partial charge in [0.15, 0.2) is 6.61 Å². The third-order valence-corrected chi connectivity index (χ3v) is 6.78. The zero-order valence-corrected chi connectivity index (χ0v) is 20.3. The van der Waals surface area contributed by atoms with E-state index in [-0.39, 0.29) is 24.6 Å². The molecule has 0 unspecified atom stereocenters. The van der Waals surface area contributed by atoms with Gasteiger partial charge in [-0.1, -0.05) is 0 Å². The van der Waals surface area contributed by atoms with Crippen LogP contribution in [0.1, 0.15) is 40.7 Å². The van der Waals surface area contributed by atoms with Gasteiger partial charge in [0.25, 0.3) is 5.91 Å². The Bertz CT molecular complexity index is 1200. The van der Waals surface area contributed by atoms with Gasteiger partial charge in [0, 0.05) is 42.6 Å². The van der Waals surface area contributed by atoms with E-state index >= 15 is 0 Å². The summed E-state index contributed by atoms with van der Waals surface area (Å²) in [6.45, 7) is 6.66. The van der Waals surface area contributed by atoms with Gasteiger partial charge in [-0.2, -0.15) is 0 Å². The summed E-state index contributed by atoms with van der Waals surface area (Å²) < 4.78 is 12.3. The number of hydrogen-bond acceptors (Lipinski definition) is 7. The molecule has 0 atom stereocenters. The quantitative estimate of drug-likeness (QED) is 0.537. The van der Waals surface area contributed by atoms with Crippen molar-refractivity contribution in [3.63, 3.8) is 0 Å². The molecule has 3 aromatic heterocycles. The van der Waals surface area contributed by atoms with E-state index in [1.807, 2.05) is 49.0 Å². The van der Waals surface area contributed by atoms with Gasteiger partial charge in [-0.15, -0.1) is 11.3 Å². The summed E-state index contributed by atoms with van der Waals surface area (Å²) in [6, 6.07) is 5.68. The summed E-state index contributed by atoms with van der Waals surface area (Å²) in [5, 5.41) is 3.79. The summed E-state index contributed by atoms with van der Waals surface area (Å²) in [4.78, 5) is 44.7. The lowest BCUT2D eigenvalue weighted by Gasteiger charge is -2.31. The van der Waals surface area contributed by atoms with Crippen LogP contribution in [0.3, 0.4) is 0 Å². The lowest BCUT2D eigenvalue weighted by molar-refractivity contribution is -0.125.